The number of anilines is 2. The van der Waals surface area contributed by atoms with Gasteiger partial charge in [-0.3, -0.25) is 4.79 Å². The van der Waals surface area contributed by atoms with Crippen LogP contribution in [0.5, 0.6) is 0 Å². The third kappa shape index (κ3) is 2.75. The van der Waals surface area contributed by atoms with E-state index in [0.717, 1.165) is 0 Å². The van der Waals surface area contributed by atoms with Crippen molar-refractivity contribution in [1.29, 1.82) is 0 Å². The van der Waals surface area contributed by atoms with Gasteiger partial charge in [-0.05, 0) is 24.6 Å². The quantitative estimate of drug-likeness (QED) is 0.267. The molecule has 0 heterocycles. The number of benzene rings is 1. The summed E-state index contributed by atoms with van der Waals surface area (Å²) in [5.41, 5.74) is 12.4. The topological polar surface area (TPSA) is 127 Å². The van der Waals surface area contributed by atoms with Gasteiger partial charge in [-0.25, -0.2) is 4.79 Å². The second kappa shape index (κ2) is 4.56. The van der Waals surface area contributed by atoms with Gasteiger partial charge in [0.2, 0.25) is 5.76 Å². The molecule has 0 aliphatic heterocycles. The fourth-order valence-electron chi connectivity index (χ4n) is 1.28. The second-order valence-electron chi connectivity index (χ2n) is 3.48. The minimum Gasteiger partial charge on any atom is -0.502 e. The summed E-state index contributed by atoms with van der Waals surface area (Å²) < 4.78 is 0. The van der Waals surface area contributed by atoms with Crippen LogP contribution in [0.3, 0.4) is 0 Å². The molecule has 6 heteroatoms. The number of carbonyl (C=O) groups excluding carboxylic acids is 1. The predicted molar refractivity (Wildman–Crippen MR) is 62.7 cm³/mol. The van der Waals surface area contributed by atoms with Crippen LogP contribution in [0.2, 0.25) is 0 Å². The maximum absolute atomic E-state index is 11.7. The number of nitrogens with two attached hydrogens (primary N) is 2. The summed E-state index contributed by atoms with van der Waals surface area (Å²) in [5, 5.41) is 17.4. The van der Waals surface area contributed by atoms with E-state index in [1.54, 1.807) is 6.92 Å². The molecular weight excluding hydrogens is 224 g/mol. The van der Waals surface area contributed by atoms with Gasteiger partial charge in [-0.2, -0.15) is 0 Å². The number of ketones is 1. The van der Waals surface area contributed by atoms with E-state index in [4.69, 9.17) is 21.7 Å². The van der Waals surface area contributed by atoms with Crippen molar-refractivity contribution >= 4 is 23.1 Å². The van der Waals surface area contributed by atoms with Crippen molar-refractivity contribution < 1.29 is 19.8 Å². The van der Waals surface area contributed by atoms with Crippen LogP contribution in [-0.2, 0) is 4.79 Å². The third-order valence-electron chi connectivity index (χ3n) is 2.22. The molecule has 0 aliphatic rings. The molecule has 0 fully saturated rings. The van der Waals surface area contributed by atoms with Gasteiger partial charge in [0.1, 0.15) is 0 Å². The van der Waals surface area contributed by atoms with Crippen molar-refractivity contribution in [2.75, 3.05) is 11.5 Å². The minimum atomic E-state index is -1.58. The molecule has 17 heavy (non-hydrogen) atoms. The van der Waals surface area contributed by atoms with Gasteiger partial charge in [-0.1, -0.05) is 0 Å². The Balaban J connectivity index is 3.22. The monoisotopic (exact) mass is 236 g/mol. The molecule has 0 amide bonds. The fraction of sp³-hybridized carbons (Fsp3) is 0.0909. The molecule has 0 aromatic heterocycles. The van der Waals surface area contributed by atoms with Gasteiger partial charge in [0.05, 0.1) is 0 Å². The Labute approximate surface area is 97.2 Å². The lowest BCUT2D eigenvalue weighted by Crippen LogP contribution is -2.07. The normalized spacial score (nSPS) is 11.2. The summed E-state index contributed by atoms with van der Waals surface area (Å²) >= 11 is 0. The summed E-state index contributed by atoms with van der Waals surface area (Å²) in [5.74, 6) is -3.27. The first-order valence-electron chi connectivity index (χ1n) is 4.66. The number of hydrogen-bond donors (Lipinski definition) is 4. The number of aliphatic hydroxyl groups is 1. The Kier molecular flexibility index (Phi) is 3.37. The van der Waals surface area contributed by atoms with Crippen LogP contribution in [0.15, 0.2) is 24.0 Å². The smallest absolute Gasteiger partial charge is 0.371 e. The van der Waals surface area contributed by atoms with Crippen LogP contribution >= 0.6 is 0 Å². The van der Waals surface area contributed by atoms with Crippen molar-refractivity contribution in [3.05, 3.63) is 35.1 Å². The van der Waals surface area contributed by atoms with E-state index in [1.165, 1.54) is 12.1 Å². The number of hydrogen-bond acceptors (Lipinski definition) is 5. The van der Waals surface area contributed by atoms with Crippen molar-refractivity contribution in [3.63, 3.8) is 0 Å². The van der Waals surface area contributed by atoms with E-state index in [0.29, 0.717) is 23.0 Å². The molecule has 6 nitrogen and oxygen atoms in total. The minimum absolute atomic E-state index is 0.162. The number of carbonyl (C=O) groups is 2. The molecule has 0 unspecified atom stereocenters. The Morgan fingerprint density at radius 1 is 1.24 bits per heavy atom. The molecule has 0 atom stereocenters. The first-order chi connectivity index (χ1) is 7.82. The zero-order valence-corrected chi connectivity index (χ0v) is 9.10. The first-order valence-corrected chi connectivity index (χ1v) is 4.66. The van der Waals surface area contributed by atoms with E-state index in [9.17, 15) is 9.59 Å². The molecule has 90 valence electrons. The molecule has 0 aliphatic carbocycles. The number of carboxylic acids is 1. The lowest BCUT2D eigenvalue weighted by Gasteiger charge is -2.07. The number of rotatable bonds is 3. The SMILES string of the molecule is Cc1c(N)cc(N)cc1C(=O)/C=C(\O)C(=O)O. The van der Waals surface area contributed by atoms with Crippen molar-refractivity contribution in [3.8, 4) is 0 Å². The van der Waals surface area contributed by atoms with Gasteiger partial charge in [-0.15, -0.1) is 0 Å². The molecule has 0 saturated heterocycles. The maximum atomic E-state index is 11.7. The number of aliphatic carboxylic acids is 1. The number of carboxylic acid groups (broad SMARTS) is 1. The van der Waals surface area contributed by atoms with Crippen LogP contribution in [-0.4, -0.2) is 22.0 Å². The van der Waals surface area contributed by atoms with Gasteiger partial charge in [0.25, 0.3) is 0 Å². The Morgan fingerprint density at radius 3 is 2.35 bits per heavy atom. The zero-order valence-electron chi connectivity index (χ0n) is 9.10. The maximum Gasteiger partial charge on any atom is 0.371 e. The van der Waals surface area contributed by atoms with E-state index in [2.05, 4.69) is 0 Å². The molecule has 0 bridgehead atoms. The average molecular weight is 236 g/mol. The average Bonchev–Trinajstić information content (AvgIpc) is 2.22. The summed E-state index contributed by atoms with van der Waals surface area (Å²) in [7, 11) is 0. The van der Waals surface area contributed by atoms with Crippen LogP contribution in [0.25, 0.3) is 0 Å². The molecule has 6 N–H and O–H groups in total. The zero-order chi connectivity index (χ0) is 13.2. The lowest BCUT2D eigenvalue weighted by molar-refractivity contribution is -0.135. The third-order valence-corrected chi connectivity index (χ3v) is 2.22. The first kappa shape index (κ1) is 12.6. The predicted octanol–water partition coefficient (Wildman–Crippen LogP) is 0.869. The largest absolute Gasteiger partial charge is 0.502 e. The molecule has 0 saturated carbocycles. The molecule has 1 rings (SSSR count). The van der Waals surface area contributed by atoms with E-state index in [-0.39, 0.29) is 5.56 Å². The Bertz CT molecular complexity index is 520. The van der Waals surface area contributed by atoms with Crippen LogP contribution in [0.1, 0.15) is 15.9 Å². The standard InChI is InChI=1S/C11H12N2O4/c1-5-7(2-6(12)3-8(5)13)9(14)4-10(15)11(16)17/h2-4,15H,12-13H2,1H3,(H,16,17)/b10-4-. The van der Waals surface area contributed by atoms with Gasteiger partial charge < -0.3 is 21.7 Å². The van der Waals surface area contributed by atoms with Crippen molar-refractivity contribution in [1.82, 2.24) is 0 Å². The summed E-state index contributed by atoms with van der Waals surface area (Å²) in [6, 6.07) is 2.87. The van der Waals surface area contributed by atoms with Crippen LogP contribution in [0, 0.1) is 6.92 Å². The Hall–Kier alpha value is -2.50. The van der Waals surface area contributed by atoms with Crippen LogP contribution < -0.4 is 11.5 Å². The molecule has 0 spiro atoms. The van der Waals surface area contributed by atoms with Gasteiger partial charge in [0, 0.05) is 23.0 Å². The van der Waals surface area contributed by atoms with Crippen molar-refractivity contribution in [2.24, 2.45) is 0 Å². The highest BCUT2D eigenvalue weighted by atomic mass is 16.4. The highest BCUT2D eigenvalue weighted by molar-refractivity contribution is 6.09. The highest BCUT2D eigenvalue weighted by Crippen LogP contribution is 2.21. The van der Waals surface area contributed by atoms with Crippen molar-refractivity contribution in [2.45, 2.75) is 6.92 Å². The summed E-state index contributed by atoms with van der Waals surface area (Å²) in [6.07, 6.45) is 0.615. The summed E-state index contributed by atoms with van der Waals surface area (Å²) in [6.45, 7) is 1.60. The summed E-state index contributed by atoms with van der Waals surface area (Å²) in [4.78, 5) is 22.0. The number of allylic oxidation sites excluding steroid dienone is 1. The fourth-order valence-corrected chi connectivity index (χ4v) is 1.28. The Morgan fingerprint density at radius 2 is 1.82 bits per heavy atom. The molecule has 0 radical (unpaired) electrons. The molecule has 1 aromatic carbocycles. The number of nitrogen functional groups attached to an aromatic ring is 2. The molecule has 1 aromatic rings. The van der Waals surface area contributed by atoms with E-state index in [1.807, 2.05) is 0 Å². The van der Waals surface area contributed by atoms with Gasteiger partial charge >= 0.3 is 5.97 Å². The molecular formula is C11H12N2O4. The van der Waals surface area contributed by atoms with Gasteiger partial charge in [0.15, 0.2) is 5.78 Å². The lowest BCUT2D eigenvalue weighted by atomic mass is 10.0. The number of aliphatic hydroxyl groups excluding tert-OH is 1. The van der Waals surface area contributed by atoms with E-state index >= 15 is 0 Å². The van der Waals surface area contributed by atoms with Crippen LogP contribution in [0.4, 0.5) is 11.4 Å². The van der Waals surface area contributed by atoms with E-state index < -0.39 is 17.5 Å². The second-order valence-corrected chi connectivity index (χ2v) is 3.48. The highest BCUT2D eigenvalue weighted by Gasteiger charge is 2.13.